The Hall–Kier alpha value is -3.83. The maximum Gasteiger partial charge on any atom is 0.573 e. The maximum atomic E-state index is 12.5. The number of carbonyl (C=O) groups excluding carboxylic acids is 1. The highest BCUT2D eigenvalue weighted by atomic mass is 19.4. The zero-order valence-electron chi connectivity index (χ0n) is 15.1. The van der Waals surface area contributed by atoms with Crippen LogP contribution in [-0.2, 0) is 0 Å². The highest BCUT2D eigenvalue weighted by molar-refractivity contribution is 5.99. The van der Waals surface area contributed by atoms with E-state index in [1.165, 1.54) is 12.1 Å². The van der Waals surface area contributed by atoms with Crippen molar-refractivity contribution in [2.75, 3.05) is 0 Å². The monoisotopic (exact) mass is 444 g/mol. The van der Waals surface area contributed by atoms with Crippen LogP contribution in [0.2, 0.25) is 0 Å². The lowest BCUT2D eigenvalue weighted by Crippen LogP contribution is -2.21. The molecule has 31 heavy (non-hydrogen) atoms. The van der Waals surface area contributed by atoms with Crippen LogP contribution in [0.5, 0.6) is 11.5 Å². The number of hydrogen-bond acceptors (Lipinski definition) is 5. The molecule has 0 unspecified atom stereocenters. The molecule has 0 amide bonds. The van der Waals surface area contributed by atoms with E-state index in [1.54, 1.807) is 12.1 Å². The first kappa shape index (κ1) is 21.9. The third-order valence-corrected chi connectivity index (χ3v) is 3.76. The largest absolute Gasteiger partial charge is 0.573 e. The third-order valence-electron chi connectivity index (χ3n) is 3.76. The average Bonchev–Trinajstić information content (AvgIpc) is 2.66. The number of nitrogens with zero attached hydrogens (tertiary/aromatic N) is 2. The molecule has 0 saturated carbocycles. The zero-order chi connectivity index (χ0) is 22.8. The standard InChI is InChI=1S/C19H10F6N2O4/c20-18(21,22)30-14-7-5-11(9-15(14)31-19(23,24)25)6-8-16(28)27-10-26-17(29)12-3-1-2-4-13(12)27/h1-10H. The van der Waals surface area contributed by atoms with Crippen molar-refractivity contribution in [1.29, 1.82) is 0 Å². The number of rotatable bonds is 4. The Balaban J connectivity index is 1.93. The van der Waals surface area contributed by atoms with Gasteiger partial charge in [0.1, 0.15) is 6.33 Å². The Bertz CT molecular complexity index is 1210. The summed E-state index contributed by atoms with van der Waals surface area (Å²) in [6.07, 6.45) is -7.54. The van der Waals surface area contributed by atoms with Gasteiger partial charge < -0.3 is 9.47 Å². The molecule has 0 atom stereocenters. The summed E-state index contributed by atoms with van der Waals surface area (Å²) in [5.41, 5.74) is -0.398. The lowest BCUT2D eigenvalue weighted by molar-refractivity contribution is -0.287. The highest BCUT2D eigenvalue weighted by Crippen LogP contribution is 2.36. The van der Waals surface area contributed by atoms with Crippen molar-refractivity contribution >= 4 is 22.9 Å². The Morgan fingerprint density at radius 2 is 1.58 bits per heavy atom. The van der Waals surface area contributed by atoms with Crippen molar-refractivity contribution in [1.82, 2.24) is 9.55 Å². The third kappa shape index (κ3) is 5.62. The molecule has 162 valence electrons. The van der Waals surface area contributed by atoms with Crippen LogP contribution < -0.4 is 15.0 Å². The first-order chi connectivity index (χ1) is 14.4. The van der Waals surface area contributed by atoms with Crippen LogP contribution in [0.1, 0.15) is 10.4 Å². The molecule has 12 heteroatoms. The molecule has 0 spiro atoms. The minimum atomic E-state index is -5.28. The van der Waals surface area contributed by atoms with Gasteiger partial charge in [0.25, 0.3) is 11.5 Å². The van der Waals surface area contributed by atoms with Crippen molar-refractivity contribution in [3.63, 3.8) is 0 Å². The van der Waals surface area contributed by atoms with Gasteiger partial charge in [0.2, 0.25) is 0 Å². The number of hydrogen-bond donors (Lipinski definition) is 0. The van der Waals surface area contributed by atoms with Gasteiger partial charge in [0.15, 0.2) is 11.5 Å². The van der Waals surface area contributed by atoms with Crippen LogP contribution in [-0.4, -0.2) is 28.2 Å². The molecule has 0 N–H and O–H groups in total. The molecule has 2 aromatic carbocycles. The molecule has 0 aliphatic rings. The van der Waals surface area contributed by atoms with Gasteiger partial charge in [0.05, 0.1) is 10.9 Å². The molecular weight excluding hydrogens is 434 g/mol. The molecule has 1 heterocycles. The smallest absolute Gasteiger partial charge is 0.402 e. The summed E-state index contributed by atoms with van der Waals surface area (Å²) >= 11 is 0. The second-order valence-electron chi connectivity index (χ2n) is 5.91. The number of alkyl halides is 6. The molecule has 0 bridgehead atoms. The molecule has 0 radical (unpaired) electrons. The van der Waals surface area contributed by atoms with E-state index in [1.807, 2.05) is 0 Å². The van der Waals surface area contributed by atoms with Crippen LogP contribution in [0, 0.1) is 0 Å². The zero-order valence-corrected chi connectivity index (χ0v) is 15.1. The van der Waals surface area contributed by atoms with Gasteiger partial charge in [-0.1, -0.05) is 18.2 Å². The molecule has 1 aromatic heterocycles. The van der Waals surface area contributed by atoms with Crippen LogP contribution in [0.15, 0.2) is 59.7 Å². The topological polar surface area (TPSA) is 70.4 Å². The fraction of sp³-hybridized carbons (Fsp3) is 0.105. The number of halogens is 6. The van der Waals surface area contributed by atoms with Crippen LogP contribution >= 0.6 is 0 Å². The van der Waals surface area contributed by atoms with E-state index in [4.69, 9.17) is 0 Å². The van der Waals surface area contributed by atoms with Crippen LogP contribution in [0.3, 0.4) is 0 Å². The van der Waals surface area contributed by atoms with Gasteiger partial charge in [-0.15, -0.1) is 26.3 Å². The summed E-state index contributed by atoms with van der Waals surface area (Å²) in [7, 11) is 0. The minimum Gasteiger partial charge on any atom is -0.402 e. The first-order valence-electron chi connectivity index (χ1n) is 8.27. The molecule has 0 aliphatic heterocycles. The van der Waals surface area contributed by atoms with Crippen LogP contribution in [0.25, 0.3) is 17.0 Å². The van der Waals surface area contributed by atoms with E-state index >= 15 is 0 Å². The number of benzene rings is 2. The average molecular weight is 444 g/mol. The molecule has 0 saturated heterocycles. The normalized spacial score (nSPS) is 12.3. The van der Waals surface area contributed by atoms with Gasteiger partial charge in [-0.2, -0.15) is 4.98 Å². The van der Waals surface area contributed by atoms with E-state index in [0.717, 1.165) is 29.1 Å². The quantitative estimate of drug-likeness (QED) is 0.436. The number of ether oxygens (including phenoxy) is 2. The summed E-state index contributed by atoms with van der Waals surface area (Å²) in [6, 6.07) is 8.34. The Kier molecular flexibility index (Phi) is 5.73. The second kappa shape index (κ2) is 8.13. The molecule has 3 rings (SSSR count). The van der Waals surface area contributed by atoms with E-state index in [2.05, 4.69) is 14.5 Å². The summed E-state index contributed by atoms with van der Waals surface area (Å²) in [5.74, 6) is -3.16. The van der Waals surface area contributed by atoms with Crippen molar-refractivity contribution < 1.29 is 40.6 Å². The van der Waals surface area contributed by atoms with Gasteiger partial charge in [-0.25, -0.2) is 0 Å². The van der Waals surface area contributed by atoms with Gasteiger partial charge in [-0.3, -0.25) is 14.2 Å². The van der Waals surface area contributed by atoms with Crippen molar-refractivity contribution in [2.45, 2.75) is 12.7 Å². The molecular formula is C19H10F6N2O4. The fourth-order valence-electron chi connectivity index (χ4n) is 2.57. The number of carbonyl (C=O) groups is 1. The Morgan fingerprint density at radius 1 is 0.935 bits per heavy atom. The predicted molar refractivity (Wildman–Crippen MR) is 95.5 cm³/mol. The lowest BCUT2D eigenvalue weighted by atomic mass is 10.2. The Labute approximate surface area is 168 Å². The number of aromatic nitrogens is 2. The minimum absolute atomic E-state index is 0.0829. The predicted octanol–water partition coefficient (Wildman–Crippen LogP) is 4.55. The number of para-hydroxylation sites is 1. The van der Waals surface area contributed by atoms with Gasteiger partial charge in [0, 0.05) is 6.08 Å². The lowest BCUT2D eigenvalue weighted by Gasteiger charge is -2.15. The highest BCUT2D eigenvalue weighted by Gasteiger charge is 2.36. The van der Waals surface area contributed by atoms with Crippen LogP contribution in [0.4, 0.5) is 26.3 Å². The molecule has 3 aromatic rings. The van der Waals surface area contributed by atoms with Gasteiger partial charge in [-0.05, 0) is 35.9 Å². The summed E-state index contributed by atoms with van der Waals surface area (Å²) in [4.78, 5) is 27.8. The molecule has 0 fully saturated rings. The van der Waals surface area contributed by atoms with Crippen molar-refractivity contribution in [2.24, 2.45) is 0 Å². The summed E-state index contributed by atoms with van der Waals surface area (Å²) in [6.45, 7) is 0. The fourth-order valence-corrected chi connectivity index (χ4v) is 2.57. The van der Waals surface area contributed by atoms with Crippen molar-refractivity contribution in [3.8, 4) is 11.5 Å². The van der Waals surface area contributed by atoms with E-state index in [-0.39, 0.29) is 16.5 Å². The second-order valence-corrected chi connectivity index (χ2v) is 5.91. The molecule has 6 nitrogen and oxygen atoms in total. The maximum absolute atomic E-state index is 12.5. The van der Waals surface area contributed by atoms with E-state index in [0.29, 0.717) is 12.1 Å². The van der Waals surface area contributed by atoms with E-state index < -0.39 is 35.7 Å². The Morgan fingerprint density at radius 3 is 2.26 bits per heavy atom. The SMILES string of the molecule is O=C(C=Cc1ccc(OC(F)(F)F)c(OC(F)(F)F)c1)n1cnc(=O)c2ccccc21. The number of allylic oxidation sites excluding steroid dienone is 1. The summed E-state index contributed by atoms with van der Waals surface area (Å²) < 4.78 is 83.0. The summed E-state index contributed by atoms with van der Waals surface area (Å²) in [5, 5.41) is 0.168. The van der Waals surface area contributed by atoms with Crippen molar-refractivity contribution in [3.05, 3.63) is 70.8 Å². The van der Waals surface area contributed by atoms with Gasteiger partial charge >= 0.3 is 12.7 Å². The first-order valence-corrected chi connectivity index (χ1v) is 8.27. The van der Waals surface area contributed by atoms with E-state index in [9.17, 15) is 35.9 Å². The number of fused-ring (bicyclic) bond motifs is 1. The molecule has 0 aliphatic carbocycles.